The molecule has 0 saturated heterocycles. The Morgan fingerprint density at radius 2 is 1.84 bits per heavy atom. The molecule has 0 bridgehead atoms. The number of hydrogen-bond donors (Lipinski definition) is 1. The van der Waals surface area contributed by atoms with Crippen molar-refractivity contribution < 1.29 is 9.47 Å². The van der Waals surface area contributed by atoms with E-state index in [0.717, 1.165) is 28.6 Å². The molecule has 0 aliphatic heterocycles. The molecule has 2 rings (SSSR count). The molecule has 0 heterocycles. The first-order valence-corrected chi connectivity index (χ1v) is 9.66. The van der Waals surface area contributed by atoms with Gasteiger partial charge in [0.15, 0.2) is 11.5 Å². The van der Waals surface area contributed by atoms with Gasteiger partial charge in [-0.1, -0.05) is 52.1 Å². The average Bonchev–Trinajstić information content (AvgIpc) is 2.60. The minimum atomic E-state index is 0.270. The Balaban J connectivity index is 2.16. The summed E-state index contributed by atoms with van der Waals surface area (Å²) < 4.78 is 12.4. The Morgan fingerprint density at radius 1 is 1.16 bits per heavy atom. The molecule has 1 unspecified atom stereocenters. The van der Waals surface area contributed by atoms with E-state index >= 15 is 0 Å². The SMILES string of the molecule is CCC(C)NCc1cc(OC)c(OCc2c(Cl)cccc2Cl)cc1Br. The van der Waals surface area contributed by atoms with Gasteiger partial charge in [0.2, 0.25) is 0 Å². The van der Waals surface area contributed by atoms with Gasteiger partial charge >= 0.3 is 0 Å². The van der Waals surface area contributed by atoms with Crippen molar-refractivity contribution in [2.75, 3.05) is 7.11 Å². The number of benzene rings is 2. The summed E-state index contributed by atoms with van der Waals surface area (Å²) in [5.41, 5.74) is 1.87. The zero-order valence-corrected chi connectivity index (χ0v) is 17.6. The lowest BCUT2D eigenvalue weighted by atomic mass is 10.1. The maximum atomic E-state index is 6.20. The highest BCUT2D eigenvalue weighted by Crippen LogP contribution is 2.35. The number of rotatable bonds is 8. The third kappa shape index (κ3) is 5.52. The molecule has 0 saturated carbocycles. The summed E-state index contributed by atoms with van der Waals surface area (Å²) in [4.78, 5) is 0. The predicted octanol–water partition coefficient (Wildman–Crippen LogP) is 6.23. The summed E-state index contributed by atoms with van der Waals surface area (Å²) in [7, 11) is 1.63. The van der Waals surface area contributed by atoms with E-state index in [-0.39, 0.29) is 6.61 Å². The highest BCUT2D eigenvalue weighted by Gasteiger charge is 2.13. The van der Waals surface area contributed by atoms with Crippen LogP contribution in [0.2, 0.25) is 10.0 Å². The van der Waals surface area contributed by atoms with Crippen LogP contribution in [0, 0.1) is 0 Å². The highest BCUT2D eigenvalue weighted by atomic mass is 79.9. The summed E-state index contributed by atoms with van der Waals surface area (Å²) in [6.07, 6.45) is 1.08. The zero-order chi connectivity index (χ0) is 18.4. The smallest absolute Gasteiger partial charge is 0.162 e. The van der Waals surface area contributed by atoms with E-state index < -0.39 is 0 Å². The lowest BCUT2D eigenvalue weighted by molar-refractivity contribution is 0.284. The topological polar surface area (TPSA) is 30.5 Å². The van der Waals surface area contributed by atoms with Gasteiger partial charge in [0.25, 0.3) is 0 Å². The van der Waals surface area contributed by atoms with E-state index in [9.17, 15) is 0 Å². The molecule has 25 heavy (non-hydrogen) atoms. The van der Waals surface area contributed by atoms with Gasteiger partial charge in [0, 0.05) is 32.7 Å². The van der Waals surface area contributed by atoms with Crippen LogP contribution in [-0.4, -0.2) is 13.2 Å². The van der Waals surface area contributed by atoms with Crippen LogP contribution in [0.1, 0.15) is 31.4 Å². The highest BCUT2D eigenvalue weighted by molar-refractivity contribution is 9.10. The molecular weight excluding hydrogens is 425 g/mol. The van der Waals surface area contributed by atoms with E-state index in [1.807, 2.05) is 18.2 Å². The largest absolute Gasteiger partial charge is 0.493 e. The second kappa shape index (κ2) is 9.67. The van der Waals surface area contributed by atoms with Crippen LogP contribution in [0.3, 0.4) is 0 Å². The molecule has 0 spiro atoms. The van der Waals surface area contributed by atoms with E-state index in [0.29, 0.717) is 27.6 Å². The standard InChI is InChI=1S/C19H22BrCl2NO2/c1-4-12(2)23-10-13-8-18(24-3)19(9-15(13)20)25-11-14-16(21)6-5-7-17(14)22/h5-9,12,23H,4,10-11H2,1-3H3. The molecule has 0 amide bonds. The molecule has 0 aromatic heterocycles. The molecule has 0 aliphatic rings. The summed E-state index contributed by atoms with van der Waals surface area (Å²) >= 11 is 16.0. The first-order valence-electron chi connectivity index (χ1n) is 8.11. The van der Waals surface area contributed by atoms with Crippen LogP contribution in [0.4, 0.5) is 0 Å². The first kappa shape index (κ1) is 20.4. The van der Waals surface area contributed by atoms with Crippen LogP contribution in [0.15, 0.2) is 34.8 Å². The lowest BCUT2D eigenvalue weighted by Crippen LogP contribution is -2.24. The Morgan fingerprint density at radius 3 is 2.44 bits per heavy atom. The maximum Gasteiger partial charge on any atom is 0.162 e. The van der Waals surface area contributed by atoms with Gasteiger partial charge in [-0.15, -0.1) is 0 Å². The molecule has 0 radical (unpaired) electrons. The molecule has 0 aliphatic carbocycles. The van der Waals surface area contributed by atoms with Crippen LogP contribution in [-0.2, 0) is 13.2 Å². The summed E-state index contributed by atoms with van der Waals surface area (Å²) in [5.74, 6) is 1.31. The van der Waals surface area contributed by atoms with Gasteiger partial charge < -0.3 is 14.8 Å². The number of ether oxygens (including phenoxy) is 2. The normalized spacial score (nSPS) is 12.1. The van der Waals surface area contributed by atoms with Crippen LogP contribution in [0.5, 0.6) is 11.5 Å². The minimum Gasteiger partial charge on any atom is -0.493 e. The molecule has 1 atom stereocenters. The Bertz CT molecular complexity index is 705. The van der Waals surface area contributed by atoms with Crippen molar-refractivity contribution in [1.29, 1.82) is 0 Å². The molecule has 3 nitrogen and oxygen atoms in total. The molecule has 1 N–H and O–H groups in total. The van der Waals surface area contributed by atoms with Crippen LogP contribution < -0.4 is 14.8 Å². The fourth-order valence-electron chi connectivity index (χ4n) is 2.23. The molecular formula is C19H22BrCl2NO2. The Kier molecular flexibility index (Phi) is 7.88. The fourth-order valence-corrected chi connectivity index (χ4v) is 3.20. The van der Waals surface area contributed by atoms with E-state index in [4.69, 9.17) is 32.7 Å². The zero-order valence-electron chi connectivity index (χ0n) is 14.5. The molecule has 2 aromatic carbocycles. The van der Waals surface area contributed by atoms with Crippen molar-refractivity contribution in [2.45, 2.75) is 39.5 Å². The van der Waals surface area contributed by atoms with Gasteiger partial charge in [-0.2, -0.15) is 0 Å². The van der Waals surface area contributed by atoms with E-state index in [1.54, 1.807) is 19.2 Å². The first-order chi connectivity index (χ1) is 12.0. The van der Waals surface area contributed by atoms with Gasteiger partial charge in [-0.25, -0.2) is 0 Å². The third-order valence-corrected chi connectivity index (χ3v) is 5.47. The number of methoxy groups -OCH3 is 1. The second-order valence-electron chi connectivity index (χ2n) is 5.77. The number of nitrogens with one attached hydrogen (secondary N) is 1. The second-order valence-corrected chi connectivity index (χ2v) is 7.44. The van der Waals surface area contributed by atoms with E-state index in [2.05, 4.69) is 35.1 Å². The van der Waals surface area contributed by atoms with Crippen molar-refractivity contribution in [1.82, 2.24) is 5.32 Å². The molecule has 136 valence electrons. The van der Waals surface area contributed by atoms with Crippen molar-refractivity contribution >= 4 is 39.1 Å². The Labute approximate surface area is 167 Å². The predicted molar refractivity (Wildman–Crippen MR) is 108 cm³/mol. The van der Waals surface area contributed by atoms with Gasteiger partial charge in [-0.3, -0.25) is 0 Å². The fraction of sp³-hybridized carbons (Fsp3) is 0.368. The third-order valence-electron chi connectivity index (χ3n) is 4.02. The lowest BCUT2D eigenvalue weighted by Gasteiger charge is -2.17. The Hall–Kier alpha value is -0.940. The summed E-state index contributed by atoms with van der Waals surface area (Å²) in [6, 6.07) is 9.74. The number of halogens is 3. The van der Waals surface area contributed by atoms with Crippen LogP contribution >= 0.6 is 39.1 Å². The molecule has 6 heteroatoms. The van der Waals surface area contributed by atoms with Crippen molar-refractivity contribution in [3.63, 3.8) is 0 Å². The van der Waals surface area contributed by atoms with Gasteiger partial charge in [0.1, 0.15) is 6.61 Å². The summed E-state index contributed by atoms with van der Waals surface area (Å²) in [5, 5.41) is 4.64. The van der Waals surface area contributed by atoms with E-state index in [1.165, 1.54) is 0 Å². The minimum absolute atomic E-state index is 0.270. The summed E-state index contributed by atoms with van der Waals surface area (Å²) in [6.45, 7) is 5.34. The molecule has 2 aromatic rings. The molecule has 0 fully saturated rings. The van der Waals surface area contributed by atoms with Crippen molar-refractivity contribution in [3.8, 4) is 11.5 Å². The average molecular weight is 447 g/mol. The monoisotopic (exact) mass is 445 g/mol. The quantitative estimate of drug-likeness (QED) is 0.521. The van der Waals surface area contributed by atoms with Gasteiger partial charge in [-0.05, 0) is 43.2 Å². The van der Waals surface area contributed by atoms with Gasteiger partial charge in [0.05, 0.1) is 7.11 Å². The maximum absolute atomic E-state index is 6.20. The van der Waals surface area contributed by atoms with Crippen LogP contribution in [0.25, 0.3) is 0 Å². The van der Waals surface area contributed by atoms with Crippen molar-refractivity contribution in [3.05, 3.63) is 56.0 Å². The van der Waals surface area contributed by atoms with Crippen molar-refractivity contribution in [2.24, 2.45) is 0 Å². The number of hydrogen-bond acceptors (Lipinski definition) is 3.